The molecule has 0 saturated heterocycles. The van der Waals surface area contributed by atoms with Crippen molar-refractivity contribution in [2.24, 2.45) is 0 Å². The maximum absolute atomic E-state index is 12.1. The van der Waals surface area contributed by atoms with Gasteiger partial charge in [-0.05, 0) is 18.6 Å². The van der Waals surface area contributed by atoms with Crippen molar-refractivity contribution in [2.45, 2.75) is 25.2 Å². The van der Waals surface area contributed by atoms with Crippen molar-refractivity contribution in [3.63, 3.8) is 0 Å². The first-order valence-corrected chi connectivity index (χ1v) is 7.31. The van der Waals surface area contributed by atoms with Gasteiger partial charge in [0.15, 0.2) is 0 Å². The average molecular weight is 281 g/mol. The number of hydrogen-bond acceptors (Lipinski definition) is 5. The second-order valence-electron chi connectivity index (χ2n) is 4.13. The minimum absolute atomic E-state index is 0.221. The lowest BCUT2D eigenvalue weighted by molar-refractivity contribution is 0.466. The molecule has 0 radical (unpaired) electrons. The molecule has 0 fully saturated rings. The van der Waals surface area contributed by atoms with Crippen molar-refractivity contribution in [3.05, 3.63) is 41.6 Å². The molecule has 102 valence electrons. The molecule has 1 N–H and O–H groups in total. The third-order valence-corrected chi connectivity index (χ3v) is 4.20. The van der Waals surface area contributed by atoms with Crippen LogP contribution in [0.3, 0.4) is 0 Å². The Bertz CT molecular complexity index is 664. The van der Waals surface area contributed by atoms with Crippen LogP contribution in [0.15, 0.2) is 33.6 Å². The SMILES string of the molecule is Cc1nnc(CCNS(=O)(=O)c2ccccc2C)o1. The van der Waals surface area contributed by atoms with Crippen LogP contribution in [-0.2, 0) is 16.4 Å². The lowest BCUT2D eigenvalue weighted by Crippen LogP contribution is -2.26. The fourth-order valence-corrected chi connectivity index (χ4v) is 2.94. The molecule has 0 atom stereocenters. The molecule has 0 aliphatic rings. The Hall–Kier alpha value is -1.73. The molecule has 0 aliphatic heterocycles. The highest BCUT2D eigenvalue weighted by Crippen LogP contribution is 2.13. The van der Waals surface area contributed by atoms with Crippen LogP contribution in [0.5, 0.6) is 0 Å². The first-order chi connectivity index (χ1) is 8.99. The molecule has 0 amide bonds. The Balaban J connectivity index is 2.01. The van der Waals surface area contributed by atoms with Gasteiger partial charge in [-0.1, -0.05) is 18.2 Å². The Morgan fingerprint density at radius 2 is 1.95 bits per heavy atom. The summed E-state index contributed by atoms with van der Waals surface area (Å²) in [5.74, 6) is 0.891. The van der Waals surface area contributed by atoms with E-state index in [1.165, 1.54) is 0 Å². The number of nitrogens with zero attached hydrogens (tertiary/aromatic N) is 2. The molecule has 7 heteroatoms. The van der Waals surface area contributed by atoms with Crippen molar-refractivity contribution in [1.29, 1.82) is 0 Å². The lowest BCUT2D eigenvalue weighted by Gasteiger charge is -2.07. The minimum Gasteiger partial charge on any atom is -0.426 e. The second kappa shape index (κ2) is 5.50. The van der Waals surface area contributed by atoms with Gasteiger partial charge in [0.2, 0.25) is 21.8 Å². The number of rotatable bonds is 5. The van der Waals surface area contributed by atoms with Crippen LogP contribution in [-0.4, -0.2) is 25.2 Å². The Kier molecular flexibility index (Phi) is 3.96. The molecular weight excluding hydrogens is 266 g/mol. The average Bonchev–Trinajstić information content (AvgIpc) is 2.75. The predicted molar refractivity (Wildman–Crippen MR) is 69.1 cm³/mol. The van der Waals surface area contributed by atoms with Gasteiger partial charge in [-0.25, -0.2) is 13.1 Å². The van der Waals surface area contributed by atoms with Crippen LogP contribution >= 0.6 is 0 Å². The zero-order chi connectivity index (χ0) is 13.9. The number of benzene rings is 1. The Morgan fingerprint density at radius 3 is 2.58 bits per heavy atom. The largest absolute Gasteiger partial charge is 0.426 e. The van der Waals surface area contributed by atoms with Gasteiger partial charge in [0.1, 0.15) is 0 Å². The number of hydrogen-bond donors (Lipinski definition) is 1. The summed E-state index contributed by atoms with van der Waals surface area (Å²) in [4.78, 5) is 0.289. The van der Waals surface area contributed by atoms with Crippen LogP contribution in [0.2, 0.25) is 0 Å². The van der Waals surface area contributed by atoms with Crippen LogP contribution in [0, 0.1) is 13.8 Å². The van der Waals surface area contributed by atoms with Gasteiger partial charge in [0.05, 0.1) is 4.90 Å². The maximum Gasteiger partial charge on any atom is 0.240 e. The molecule has 1 aromatic heterocycles. The summed E-state index contributed by atoms with van der Waals surface area (Å²) in [6, 6.07) is 6.84. The van der Waals surface area contributed by atoms with Crippen molar-refractivity contribution < 1.29 is 12.8 Å². The zero-order valence-corrected chi connectivity index (χ0v) is 11.6. The van der Waals surface area contributed by atoms with E-state index in [9.17, 15) is 8.42 Å². The van der Waals surface area contributed by atoms with Crippen molar-refractivity contribution >= 4 is 10.0 Å². The first-order valence-electron chi connectivity index (χ1n) is 5.83. The number of aryl methyl sites for hydroxylation is 2. The van der Waals surface area contributed by atoms with Gasteiger partial charge in [0, 0.05) is 19.9 Å². The molecule has 6 nitrogen and oxygen atoms in total. The van der Waals surface area contributed by atoms with Crippen LogP contribution in [0.1, 0.15) is 17.3 Å². The van der Waals surface area contributed by atoms with Gasteiger partial charge >= 0.3 is 0 Å². The van der Waals surface area contributed by atoms with E-state index < -0.39 is 10.0 Å². The van der Waals surface area contributed by atoms with Gasteiger partial charge in [-0.3, -0.25) is 0 Å². The van der Waals surface area contributed by atoms with E-state index in [2.05, 4.69) is 14.9 Å². The molecule has 19 heavy (non-hydrogen) atoms. The second-order valence-corrected chi connectivity index (χ2v) is 5.86. The van der Waals surface area contributed by atoms with E-state index in [0.717, 1.165) is 0 Å². The number of aromatic nitrogens is 2. The molecule has 0 unspecified atom stereocenters. The lowest BCUT2D eigenvalue weighted by atomic mass is 10.2. The van der Waals surface area contributed by atoms with E-state index in [1.807, 2.05) is 0 Å². The third-order valence-electron chi connectivity index (χ3n) is 2.58. The summed E-state index contributed by atoms with van der Waals surface area (Å²) < 4.78 is 31.8. The van der Waals surface area contributed by atoms with Gasteiger partial charge in [-0.15, -0.1) is 10.2 Å². The molecule has 2 aromatic rings. The molecule has 1 aromatic carbocycles. The smallest absolute Gasteiger partial charge is 0.240 e. The summed E-state index contributed by atoms with van der Waals surface area (Å²) in [5, 5.41) is 7.48. The zero-order valence-electron chi connectivity index (χ0n) is 10.8. The van der Waals surface area contributed by atoms with Crippen molar-refractivity contribution in [1.82, 2.24) is 14.9 Å². The first kappa shape index (κ1) is 13.7. The van der Waals surface area contributed by atoms with Crippen molar-refractivity contribution in [3.8, 4) is 0 Å². The molecular formula is C12H15N3O3S. The fourth-order valence-electron chi connectivity index (χ4n) is 1.67. The maximum atomic E-state index is 12.1. The summed E-state index contributed by atoms with van der Waals surface area (Å²) in [6.07, 6.45) is 0.367. The molecule has 1 heterocycles. The summed E-state index contributed by atoms with van der Waals surface area (Å²) in [7, 11) is -3.49. The topological polar surface area (TPSA) is 85.1 Å². The summed E-state index contributed by atoms with van der Waals surface area (Å²) >= 11 is 0. The van der Waals surface area contributed by atoms with Gasteiger partial charge < -0.3 is 4.42 Å². The quantitative estimate of drug-likeness (QED) is 0.890. The molecule has 0 bridgehead atoms. The monoisotopic (exact) mass is 281 g/mol. The Labute approximate surface area is 111 Å². The minimum atomic E-state index is -3.49. The van der Waals surface area contributed by atoms with E-state index in [-0.39, 0.29) is 11.4 Å². The Morgan fingerprint density at radius 1 is 1.21 bits per heavy atom. The predicted octanol–water partition coefficient (Wildman–Crippen LogP) is 1.21. The highest BCUT2D eigenvalue weighted by molar-refractivity contribution is 7.89. The van der Waals surface area contributed by atoms with E-state index in [1.54, 1.807) is 38.1 Å². The van der Waals surface area contributed by atoms with Crippen LogP contribution < -0.4 is 4.72 Å². The highest BCUT2D eigenvalue weighted by atomic mass is 32.2. The van der Waals surface area contributed by atoms with E-state index in [4.69, 9.17) is 4.42 Å². The molecule has 2 rings (SSSR count). The van der Waals surface area contributed by atoms with Gasteiger partial charge in [-0.2, -0.15) is 0 Å². The fraction of sp³-hybridized carbons (Fsp3) is 0.333. The standard InChI is InChI=1S/C12H15N3O3S/c1-9-5-3-4-6-11(9)19(16,17)13-8-7-12-15-14-10(2)18-12/h3-6,13H,7-8H2,1-2H3. The third kappa shape index (κ3) is 3.39. The van der Waals surface area contributed by atoms with Crippen molar-refractivity contribution in [2.75, 3.05) is 6.54 Å². The highest BCUT2D eigenvalue weighted by Gasteiger charge is 2.15. The van der Waals surface area contributed by atoms with E-state index >= 15 is 0 Å². The summed E-state index contributed by atoms with van der Waals surface area (Å²) in [6.45, 7) is 3.67. The number of sulfonamides is 1. The van der Waals surface area contributed by atoms with Crippen LogP contribution in [0.25, 0.3) is 0 Å². The van der Waals surface area contributed by atoms with Gasteiger partial charge in [0.25, 0.3) is 0 Å². The molecule has 0 aliphatic carbocycles. The molecule has 0 saturated carbocycles. The number of nitrogens with one attached hydrogen (secondary N) is 1. The van der Waals surface area contributed by atoms with E-state index in [0.29, 0.717) is 23.8 Å². The normalized spacial score (nSPS) is 11.7. The van der Waals surface area contributed by atoms with Crippen LogP contribution in [0.4, 0.5) is 0 Å². The molecule has 0 spiro atoms. The summed E-state index contributed by atoms with van der Waals surface area (Å²) in [5.41, 5.74) is 0.712.